The quantitative estimate of drug-likeness (QED) is 0.404. The predicted octanol–water partition coefficient (Wildman–Crippen LogP) is 5.25. The molecule has 0 atom stereocenters. The average molecular weight is 415 g/mol. The van der Waals surface area contributed by atoms with E-state index in [0.717, 1.165) is 42.9 Å². The Kier molecular flexibility index (Phi) is 6.81. The Morgan fingerprint density at radius 2 is 1.68 bits per heavy atom. The van der Waals surface area contributed by atoms with Crippen LogP contribution >= 0.6 is 0 Å². The first-order chi connectivity index (χ1) is 14.9. The molecule has 3 rings (SSSR count). The van der Waals surface area contributed by atoms with E-state index in [1.54, 1.807) is 6.92 Å². The van der Waals surface area contributed by atoms with Gasteiger partial charge in [0.05, 0.1) is 0 Å². The van der Waals surface area contributed by atoms with Crippen LogP contribution in [-0.4, -0.2) is 23.6 Å². The molecule has 1 amide bonds. The third-order valence-electron chi connectivity index (χ3n) is 5.71. The number of allylic oxidation sites excluding steroid dienone is 1. The number of carbonyl (C=O) groups is 1. The van der Waals surface area contributed by atoms with Gasteiger partial charge in [0, 0.05) is 37.2 Å². The number of rotatable bonds is 8. The second kappa shape index (κ2) is 9.53. The van der Waals surface area contributed by atoms with Crippen LogP contribution in [0.1, 0.15) is 39.3 Å². The van der Waals surface area contributed by atoms with Crippen molar-refractivity contribution < 1.29 is 4.79 Å². The van der Waals surface area contributed by atoms with E-state index in [1.807, 2.05) is 29.8 Å². The Balaban J connectivity index is 2.00. The minimum Gasteiger partial charge on any atom is -0.372 e. The van der Waals surface area contributed by atoms with Crippen molar-refractivity contribution in [3.8, 4) is 17.3 Å². The molecular weight excluding hydrogens is 384 g/mol. The summed E-state index contributed by atoms with van der Waals surface area (Å²) in [6.07, 6.45) is 2.26. The number of amides is 1. The topological polar surface area (TPSA) is 75.1 Å². The first-order valence-corrected chi connectivity index (χ1v) is 10.8. The van der Waals surface area contributed by atoms with Crippen molar-refractivity contribution in [1.29, 1.82) is 5.26 Å². The highest BCUT2D eigenvalue weighted by molar-refractivity contribution is 6.03. The Bertz CT molecular complexity index is 1170. The molecule has 2 N–H and O–H groups in total. The average Bonchev–Trinajstić information content (AvgIpc) is 3.14. The number of hydrogen-bond acceptors (Lipinski definition) is 3. The molecule has 0 aliphatic rings. The summed E-state index contributed by atoms with van der Waals surface area (Å²) in [5, 5.41) is 11.7. The largest absolute Gasteiger partial charge is 0.372 e. The maximum atomic E-state index is 11.6. The second-order valence-electron chi connectivity index (χ2n) is 7.87. The molecule has 0 aliphatic carbocycles. The zero-order chi connectivity index (χ0) is 22.5. The van der Waals surface area contributed by atoms with Crippen LogP contribution in [0.15, 0.2) is 54.1 Å². The Morgan fingerprint density at radius 3 is 2.29 bits per heavy atom. The van der Waals surface area contributed by atoms with Crippen molar-refractivity contribution in [1.82, 2.24) is 4.57 Å². The molecule has 2 aromatic carbocycles. The molecule has 0 saturated heterocycles. The molecule has 31 heavy (non-hydrogen) atoms. The number of anilines is 1. The SMILES string of the molecule is CCCN(CCC)c1ccc2cc(-c3ccc(/C(C)=C(\C#N)C(N)=O)n3C)ccc2c1. The van der Waals surface area contributed by atoms with Crippen molar-refractivity contribution in [2.24, 2.45) is 12.8 Å². The molecule has 5 nitrogen and oxygen atoms in total. The summed E-state index contributed by atoms with van der Waals surface area (Å²) in [6.45, 7) is 8.30. The molecule has 3 aromatic rings. The molecule has 0 fully saturated rings. The van der Waals surface area contributed by atoms with Crippen molar-refractivity contribution in [2.75, 3.05) is 18.0 Å². The number of fused-ring (bicyclic) bond motifs is 1. The van der Waals surface area contributed by atoms with Gasteiger partial charge in [0.25, 0.3) is 5.91 Å². The van der Waals surface area contributed by atoms with Crippen molar-refractivity contribution in [2.45, 2.75) is 33.6 Å². The zero-order valence-electron chi connectivity index (χ0n) is 18.8. The smallest absolute Gasteiger partial charge is 0.259 e. The first-order valence-electron chi connectivity index (χ1n) is 10.8. The fourth-order valence-electron chi connectivity index (χ4n) is 4.13. The molecule has 5 heteroatoms. The third kappa shape index (κ3) is 4.49. The predicted molar refractivity (Wildman–Crippen MR) is 129 cm³/mol. The maximum absolute atomic E-state index is 11.6. The minimum atomic E-state index is -0.704. The first kappa shape index (κ1) is 22.2. The van der Waals surface area contributed by atoms with Crippen LogP contribution in [0, 0.1) is 11.3 Å². The molecule has 0 radical (unpaired) electrons. The lowest BCUT2D eigenvalue weighted by atomic mass is 10.0. The fraction of sp³-hybridized carbons (Fsp3) is 0.308. The van der Waals surface area contributed by atoms with Crippen LogP contribution in [0.5, 0.6) is 0 Å². The van der Waals surface area contributed by atoms with E-state index in [9.17, 15) is 10.1 Å². The van der Waals surface area contributed by atoms with Gasteiger partial charge in [-0.2, -0.15) is 5.26 Å². The molecule has 0 spiro atoms. The van der Waals surface area contributed by atoms with E-state index in [4.69, 9.17) is 5.73 Å². The second-order valence-corrected chi connectivity index (χ2v) is 7.87. The van der Waals surface area contributed by atoms with Gasteiger partial charge in [0.2, 0.25) is 0 Å². The van der Waals surface area contributed by atoms with E-state index in [1.165, 1.54) is 16.5 Å². The number of nitriles is 1. The van der Waals surface area contributed by atoms with Crippen molar-refractivity contribution >= 4 is 27.9 Å². The number of primary amides is 1. The number of benzene rings is 2. The summed E-state index contributed by atoms with van der Waals surface area (Å²) < 4.78 is 2.00. The van der Waals surface area contributed by atoms with Gasteiger partial charge in [0.1, 0.15) is 11.6 Å². The van der Waals surface area contributed by atoms with Crippen molar-refractivity contribution in [3.63, 3.8) is 0 Å². The van der Waals surface area contributed by atoms with E-state index in [-0.39, 0.29) is 5.57 Å². The number of nitrogens with zero attached hydrogens (tertiary/aromatic N) is 3. The lowest BCUT2D eigenvalue weighted by molar-refractivity contribution is -0.114. The summed E-state index contributed by atoms with van der Waals surface area (Å²) in [6, 6.07) is 19.0. The van der Waals surface area contributed by atoms with Gasteiger partial charge in [-0.15, -0.1) is 0 Å². The number of carbonyl (C=O) groups excluding carboxylic acids is 1. The Morgan fingerprint density at radius 1 is 1.03 bits per heavy atom. The standard InChI is InChI=1S/C26H30N4O/c1-5-13-30(14-6-2)22-10-9-19-15-21(8-7-20(19)16-22)25-12-11-24(29(25)4)18(3)23(17-27)26(28)31/h7-12,15-16H,5-6,13-14H2,1-4H3,(H2,28,31)/b23-18+. The molecule has 1 aromatic heterocycles. The third-order valence-corrected chi connectivity index (χ3v) is 5.71. The molecule has 160 valence electrons. The monoisotopic (exact) mass is 414 g/mol. The minimum absolute atomic E-state index is 0.0116. The van der Waals surface area contributed by atoms with Crippen LogP contribution in [0.25, 0.3) is 27.6 Å². The van der Waals surface area contributed by atoms with Gasteiger partial charge in [-0.25, -0.2) is 0 Å². The number of nitrogens with two attached hydrogens (primary N) is 1. The summed E-state index contributed by atoms with van der Waals surface area (Å²) in [4.78, 5) is 14.0. The van der Waals surface area contributed by atoms with Crippen molar-refractivity contribution in [3.05, 3.63) is 59.8 Å². The normalized spacial score (nSPS) is 11.8. The summed E-state index contributed by atoms with van der Waals surface area (Å²) >= 11 is 0. The van der Waals surface area contributed by atoms with Gasteiger partial charge < -0.3 is 15.2 Å². The summed E-state index contributed by atoms with van der Waals surface area (Å²) in [5.41, 5.74) is 10.1. The number of hydrogen-bond donors (Lipinski definition) is 1. The lowest BCUT2D eigenvalue weighted by Gasteiger charge is -2.24. The van der Waals surface area contributed by atoms with E-state index >= 15 is 0 Å². The highest BCUT2D eigenvalue weighted by Crippen LogP contribution is 2.30. The molecule has 0 unspecified atom stereocenters. The van der Waals surface area contributed by atoms with Gasteiger partial charge in [-0.1, -0.05) is 32.0 Å². The van der Waals surface area contributed by atoms with Crippen LogP contribution in [0.3, 0.4) is 0 Å². The van der Waals surface area contributed by atoms with Gasteiger partial charge in [-0.05, 0) is 72.0 Å². The van der Waals surface area contributed by atoms with E-state index < -0.39 is 5.91 Å². The van der Waals surface area contributed by atoms with Crippen LogP contribution < -0.4 is 10.6 Å². The highest BCUT2D eigenvalue weighted by atomic mass is 16.1. The summed E-state index contributed by atoms with van der Waals surface area (Å²) in [7, 11) is 1.94. The fourth-order valence-corrected chi connectivity index (χ4v) is 4.13. The van der Waals surface area contributed by atoms with Crippen LogP contribution in [0.4, 0.5) is 5.69 Å². The molecule has 0 saturated carbocycles. The maximum Gasteiger partial charge on any atom is 0.259 e. The molecular formula is C26H30N4O. The molecule has 1 heterocycles. The van der Waals surface area contributed by atoms with E-state index in [0.29, 0.717) is 5.57 Å². The Hall–Kier alpha value is -3.52. The van der Waals surface area contributed by atoms with Gasteiger partial charge in [0.15, 0.2) is 0 Å². The Labute approximate surface area is 184 Å². The van der Waals surface area contributed by atoms with Crippen LogP contribution in [0.2, 0.25) is 0 Å². The molecule has 0 aliphatic heterocycles. The van der Waals surface area contributed by atoms with Gasteiger partial charge >= 0.3 is 0 Å². The zero-order valence-corrected chi connectivity index (χ0v) is 18.8. The molecule has 0 bridgehead atoms. The van der Waals surface area contributed by atoms with Crippen LogP contribution in [-0.2, 0) is 11.8 Å². The highest BCUT2D eigenvalue weighted by Gasteiger charge is 2.15. The summed E-state index contributed by atoms with van der Waals surface area (Å²) in [5.74, 6) is -0.704. The van der Waals surface area contributed by atoms with Gasteiger partial charge in [-0.3, -0.25) is 4.79 Å². The lowest BCUT2D eigenvalue weighted by Crippen LogP contribution is -2.24. The van der Waals surface area contributed by atoms with E-state index in [2.05, 4.69) is 55.1 Å². The number of aromatic nitrogens is 1.